The zero-order valence-corrected chi connectivity index (χ0v) is 16.6. The average Bonchev–Trinajstić information content (AvgIpc) is 3.25. The third kappa shape index (κ3) is 5.13. The summed E-state index contributed by atoms with van der Waals surface area (Å²) in [4.78, 5) is 16.7. The zero-order valence-electron chi connectivity index (χ0n) is 14.1. The second-order valence-electron chi connectivity index (χ2n) is 6.43. The molecule has 1 aliphatic heterocycles. The lowest BCUT2D eigenvalue weighted by Gasteiger charge is -2.31. The highest BCUT2D eigenvalue weighted by molar-refractivity contribution is 7.90. The lowest BCUT2D eigenvalue weighted by molar-refractivity contribution is 0.0939. The second-order valence-corrected chi connectivity index (χ2v) is 10.4. The third-order valence-corrected chi connectivity index (χ3v) is 7.48. The van der Waals surface area contributed by atoms with E-state index in [-0.39, 0.29) is 10.8 Å². The van der Waals surface area contributed by atoms with Gasteiger partial charge in [-0.2, -0.15) is 0 Å². The summed E-state index contributed by atoms with van der Waals surface area (Å²) in [5.41, 5.74) is 0. The van der Waals surface area contributed by atoms with Crippen molar-refractivity contribution in [2.75, 3.05) is 25.9 Å². The molecule has 5 nitrogen and oxygen atoms in total. The van der Waals surface area contributed by atoms with Gasteiger partial charge in [-0.1, -0.05) is 6.07 Å². The molecule has 1 N–H and O–H groups in total. The van der Waals surface area contributed by atoms with Gasteiger partial charge >= 0.3 is 0 Å². The highest BCUT2D eigenvalue weighted by Crippen LogP contribution is 2.21. The van der Waals surface area contributed by atoms with Gasteiger partial charge in [0.1, 0.15) is 0 Å². The van der Waals surface area contributed by atoms with Gasteiger partial charge in [-0.15, -0.1) is 22.7 Å². The Morgan fingerprint density at radius 1 is 1.32 bits per heavy atom. The number of nitrogens with zero attached hydrogens (tertiary/aromatic N) is 1. The molecule has 1 amide bonds. The van der Waals surface area contributed by atoms with Crippen molar-refractivity contribution in [3.8, 4) is 0 Å². The summed E-state index contributed by atoms with van der Waals surface area (Å²) in [5, 5.41) is 6.58. The Morgan fingerprint density at radius 3 is 2.68 bits per heavy atom. The molecule has 1 aliphatic rings. The molecule has 1 saturated heterocycles. The Kier molecular flexibility index (Phi) is 5.93. The van der Waals surface area contributed by atoms with Gasteiger partial charge in [0, 0.05) is 29.6 Å². The van der Waals surface area contributed by atoms with Gasteiger partial charge in [-0.05, 0) is 49.4 Å². The molecule has 3 heterocycles. The van der Waals surface area contributed by atoms with E-state index < -0.39 is 9.84 Å². The summed E-state index contributed by atoms with van der Waals surface area (Å²) in [6.45, 7) is 3.77. The van der Waals surface area contributed by atoms with E-state index in [4.69, 9.17) is 0 Å². The predicted molar refractivity (Wildman–Crippen MR) is 102 cm³/mol. The van der Waals surface area contributed by atoms with Crippen molar-refractivity contribution in [3.05, 3.63) is 38.7 Å². The van der Waals surface area contributed by atoms with Crippen LogP contribution in [0.4, 0.5) is 0 Å². The first-order chi connectivity index (χ1) is 11.9. The molecule has 0 unspecified atom stereocenters. The Balaban J connectivity index is 1.43. The second kappa shape index (κ2) is 7.99. The van der Waals surface area contributed by atoms with E-state index in [0.717, 1.165) is 38.7 Å². The Morgan fingerprint density at radius 2 is 2.08 bits per heavy atom. The van der Waals surface area contributed by atoms with Gasteiger partial charge in [0.25, 0.3) is 5.91 Å². The number of carbonyl (C=O) groups excluding carboxylic acids is 1. The molecule has 0 saturated carbocycles. The number of amides is 1. The maximum Gasteiger partial charge on any atom is 0.261 e. The van der Waals surface area contributed by atoms with Crippen molar-refractivity contribution in [3.63, 3.8) is 0 Å². The molecule has 1 fully saturated rings. The molecular weight excluding hydrogens is 376 g/mol. The fraction of sp³-hybridized carbons (Fsp3) is 0.471. The van der Waals surface area contributed by atoms with Crippen LogP contribution in [-0.4, -0.2) is 45.1 Å². The molecule has 25 heavy (non-hydrogen) atoms. The summed E-state index contributed by atoms with van der Waals surface area (Å²) < 4.78 is 23.0. The van der Waals surface area contributed by atoms with E-state index in [2.05, 4.69) is 27.7 Å². The fourth-order valence-electron chi connectivity index (χ4n) is 2.93. The lowest BCUT2D eigenvalue weighted by atomic mass is 9.96. The molecule has 8 heteroatoms. The van der Waals surface area contributed by atoms with Gasteiger partial charge in [0.05, 0.1) is 9.77 Å². The molecule has 0 bridgehead atoms. The van der Waals surface area contributed by atoms with Crippen LogP contribution in [0.25, 0.3) is 0 Å². The number of nitrogens with one attached hydrogen (secondary N) is 1. The highest BCUT2D eigenvalue weighted by atomic mass is 32.2. The number of piperidine rings is 1. The van der Waals surface area contributed by atoms with Gasteiger partial charge < -0.3 is 5.32 Å². The SMILES string of the molecule is CS(=O)(=O)c1csc(C(=O)NCC2CCN(Cc3cccs3)CC2)c1. The van der Waals surface area contributed by atoms with E-state index in [1.807, 2.05) is 0 Å². The number of thiophene rings is 2. The van der Waals surface area contributed by atoms with Crippen molar-refractivity contribution in [1.82, 2.24) is 10.2 Å². The van der Waals surface area contributed by atoms with Crippen LogP contribution in [0.5, 0.6) is 0 Å². The quantitative estimate of drug-likeness (QED) is 0.813. The fourth-order valence-corrected chi connectivity index (χ4v) is 5.61. The predicted octanol–water partition coefficient (Wildman–Crippen LogP) is 2.86. The minimum atomic E-state index is -3.25. The topological polar surface area (TPSA) is 66.5 Å². The number of rotatable bonds is 6. The van der Waals surface area contributed by atoms with Gasteiger partial charge in [0.2, 0.25) is 0 Å². The van der Waals surface area contributed by atoms with E-state index >= 15 is 0 Å². The third-order valence-electron chi connectivity index (χ3n) is 4.45. The average molecular weight is 399 g/mol. The molecule has 0 aromatic carbocycles. The summed E-state index contributed by atoms with van der Waals surface area (Å²) in [6.07, 6.45) is 3.30. The van der Waals surface area contributed by atoms with Crippen LogP contribution in [0.2, 0.25) is 0 Å². The first-order valence-electron chi connectivity index (χ1n) is 8.23. The molecule has 3 rings (SSSR count). The normalized spacial score (nSPS) is 16.8. The van der Waals surface area contributed by atoms with Crippen LogP contribution in [0.1, 0.15) is 27.4 Å². The minimum absolute atomic E-state index is 0.180. The monoisotopic (exact) mass is 398 g/mol. The standard InChI is InChI=1S/C17H22N2O3S3/c1-25(21,22)15-9-16(24-12-15)17(20)18-10-13-4-6-19(7-5-13)11-14-3-2-8-23-14/h2-3,8-9,12-13H,4-7,10-11H2,1H3,(H,18,20). The molecule has 0 aliphatic carbocycles. The number of hydrogen-bond acceptors (Lipinski definition) is 6. The van der Waals surface area contributed by atoms with Crippen LogP contribution < -0.4 is 5.32 Å². The van der Waals surface area contributed by atoms with Gasteiger partial charge in [-0.25, -0.2) is 8.42 Å². The number of likely N-dealkylation sites (tertiary alicyclic amines) is 1. The van der Waals surface area contributed by atoms with E-state index in [9.17, 15) is 13.2 Å². The lowest BCUT2D eigenvalue weighted by Crippen LogP contribution is -2.38. The molecule has 136 valence electrons. The highest BCUT2D eigenvalue weighted by Gasteiger charge is 2.21. The Hall–Kier alpha value is -1.22. The van der Waals surface area contributed by atoms with Crippen molar-refractivity contribution in [1.29, 1.82) is 0 Å². The largest absolute Gasteiger partial charge is 0.351 e. The van der Waals surface area contributed by atoms with Crippen molar-refractivity contribution >= 4 is 38.4 Å². The molecule has 0 radical (unpaired) electrons. The molecular formula is C17H22N2O3S3. The van der Waals surface area contributed by atoms with Crippen LogP contribution >= 0.6 is 22.7 Å². The van der Waals surface area contributed by atoms with Crippen LogP contribution in [-0.2, 0) is 16.4 Å². The zero-order chi connectivity index (χ0) is 17.9. The number of carbonyl (C=O) groups is 1. The smallest absolute Gasteiger partial charge is 0.261 e. The van der Waals surface area contributed by atoms with E-state index in [1.165, 1.54) is 27.7 Å². The first kappa shape index (κ1) is 18.6. The number of hydrogen-bond donors (Lipinski definition) is 1. The summed E-state index contributed by atoms with van der Waals surface area (Å²) >= 11 is 2.97. The molecule has 0 spiro atoms. The first-order valence-corrected chi connectivity index (χ1v) is 11.9. The summed E-state index contributed by atoms with van der Waals surface area (Å²) in [5.74, 6) is 0.304. The number of sulfone groups is 1. The van der Waals surface area contributed by atoms with Crippen LogP contribution in [0, 0.1) is 5.92 Å². The maximum atomic E-state index is 12.2. The summed E-state index contributed by atoms with van der Waals surface area (Å²) in [6, 6.07) is 5.71. The Bertz CT molecular complexity index is 804. The van der Waals surface area contributed by atoms with Gasteiger partial charge in [-0.3, -0.25) is 9.69 Å². The summed E-state index contributed by atoms with van der Waals surface area (Å²) in [7, 11) is -3.25. The van der Waals surface area contributed by atoms with Crippen molar-refractivity contribution in [2.24, 2.45) is 5.92 Å². The molecule has 0 atom stereocenters. The van der Waals surface area contributed by atoms with Crippen molar-refractivity contribution in [2.45, 2.75) is 24.3 Å². The maximum absolute atomic E-state index is 12.2. The van der Waals surface area contributed by atoms with Crippen LogP contribution in [0.15, 0.2) is 33.9 Å². The Labute approximate surface area is 156 Å². The minimum Gasteiger partial charge on any atom is -0.351 e. The molecule has 2 aromatic heterocycles. The molecule has 2 aromatic rings. The van der Waals surface area contributed by atoms with Crippen LogP contribution in [0.3, 0.4) is 0 Å². The van der Waals surface area contributed by atoms with Crippen molar-refractivity contribution < 1.29 is 13.2 Å². The van der Waals surface area contributed by atoms with Gasteiger partial charge in [0.15, 0.2) is 9.84 Å². The van der Waals surface area contributed by atoms with E-state index in [1.54, 1.807) is 11.3 Å². The van der Waals surface area contributed by atoms with E-state index in [0.29, 0.717) is 17.3 Å².